The lowest BCUT2D eigenvalue weighted by Gasteiger charge is -2.09. The molecule has 0 aliphatic heterocycles. The largest absolute Gasteiger partial charge is 0.436 e. The molecule has 4 heteroatoms. The monoisotopic (exact) mass is 274 g/mol. The number of ether oxygens (including phenoxy) is 1. The second-order valence-electron chi connectivity index (χ2n) is 5.03. The van der Waals surface area contributed by atoms with E-state index in [0.717, 1.165) is 12.1 Å². The van der Waals surface area contributed by atoms with E-state index in [4.69, 9.17) is 4.74 Å². The van der Waals surface area contributed by atoms with Crippen LogP contribution in [0.3, 0.4) is 0 Å². The van der Waals surface area contributed by atoms with E-state index in [9.17, 15) is 4.39 Å². The average molecular weight is 274 g/mol. The zero-order valence-electron chi connectivity index (χ0n) is 12.0. The van der Waals surface area contributed by atoms with Gasteiger partial charge in [-0.05, 0) is 24.1 Å². The standard InChI is InChI=1S/C16H19FN2O/c1-11(2)18-9-13-7-8-15(19-10-13)20-14-6-4-5-12(3)16(14)17/h4-8,10-11,18H,9H2,1-3H3. The van der Waals surface area contributed by atoms with E-state index in [1.807, 2.05) is 6.07 Å². The van der Waals surface area contributed by atoms with Crippen LogP contribution in [-0.2, 0) is 6.54 Å². The lowest BCUT2D eigenvalue weighted by atomic mass is 10.2. The zero-order valence-corrected chi connectivity index (χ0v) is 12.0. The van der Waals surface area contributed by atoms with Gasteiger partial charge in [0.2, 0.25) is 5.88 Å². The molecular formula is C16H19FN2O. The van der Waals surface area contributed by atoms with Crippen LogP contribution in [0.25, 0.3) is 0 Å². The lowest BCUT2D eigenvalue weighted by Crippen LogP contribution is -2.21. The Morgan fingerprint density at radius 2 is 2.05 bits per heavy atom. The quantitative estimate of drug-likeness (QED) is 0.900. The van der Waals surface area contributed by atoms with Gasteiger partial charge in [-0.15, -0.1) is 0 Å². The highest BCUT2D eigenvalue weighted by atomic mass is 19.1. The molecule has 20 heavy (non-hydrogen) atoms. The molecule has 0 aliphatic rings. The van der Waals surface area contributed by atoms with Crippen molar-refractivity contribution in [3.05, 3.63) is 53.5 Å². The minimum absolute atomic E-state index is 0.200. The van der Waals surface area contributed by atoms with Gasteiger partial charge in [0, 0.05) is 24.8 Å². The van der Waals surface area contributed by atoms with Crippen LogP contribution in [0.15, 0.2) is 36.5 Å². The Labute approximate surface area is 118 Å². The molecule has 0 amide bonds. The van der Waals surface area contributed by atoms with E-state index in [1.54, 1.807) is 37.4 Å². The molecule has 0 saturated carbocycles. The van der Waals surface area contributed by atoms with Gasteiger partial charge in [-0.2, -0.15) is 0 Å². The third-order valence-corrected chi connectivity index (χ3v) is 2.88. The van der Waals surface area contributed by atoms with Gasteiger partial charge in [-0.3, -0.25) is 0 Å². The van der Waals surface area contributed by atoms with Crippen molar-refractivity contribution >= 4 is 0 Å². The van der Waals surface area contributed by atoms with Crippen molar-refractivity contribution in [1.29, 1.82) is 0 Å². The number of aromatic nitrogens is 1. The maximum absolute atomic E-state index is 13.8. The molecule has 1 aromatic carbocycles. The van der Waals surface area contributed by atoms with Crippen LogP contribution in [0.1, 0.15) is 25.0 Å². The number of aryl methyl sites for hydroxylation is 1. The summed E-state index contributed by atoms with van der Waals surface area (Å²) in [4.78, 5) is 4.19. The topological polar surface area (TPSA) is 34.1 Å². The molecule has 106 valence electrons. The normalized spacial score (nSPS) is 10.8. The molecule has 1 heterocycles. The maximum Gasteiger partial charge on any atom is 0.219 e. The number of rotatable bonds is 5. The van der Waals surface area contributed by atoms with Crippen molar-refractivity contribution in [1.82, 2.24) is 10.3 Å². The van der Waals surface area contributed by atoms with Gasteiger partial charge in [-0.25, -0.2) is 9.37 Å². The summed E-state index contributed by atoms with van der Waals surface area (Å²) in [5.74, 6) is 0.244. The third kappa shape index (κ3) is 3.78. The summed E-state index contributed by atoms with van der Waals surface area (Å²) < 4.78 is 19.3. The number of hydrogen-bond donors (Lipinski definition) is 1. The number of benzene rings is 1. The maximum atomic E-state index is 13.8. The summed E-state index contributed by atoms with van der Waals surface area (Å²) in [7, 11) is 0. The van der Waals surface area contributed by atoms with Crippen molar-refractivity contribution < 1.29 is 9.13 Å². The van der Waals surface area contributed by atoms with Gasteiger partial charge in [0.15, 0.2) is 11.6 Å². The van der Waals surface area contributed by atoms with Crippen molar-refractivity contribution in [3.63, 3.8) is 0 Å². The van der Waals surface area contributed by atoms with Crippen molar-refractivity contribution in [2.24, 2.45) is 0 Å². The molecule has 1 N–H and O–H groups in total. The molecule has 0 atom stereocenters. The van der Waals surface area contributed by atoms with E-state index >= 15 is 0 Å². The molecule has 0 aliphatic carbocycles. The number of halogens is 1. The highest BCUT2D eigenvalue weighted by Crippen LogP contribution is 2.24. The highest BCUT2D eigenvalue weighted by Gasteiger charge is 2.07. The van der Waals surface area contributed by atoms with Gasteiger partial charge in [0.05, 0.1) is 0 Å². The smallest absolute Gasteiger partial charge is 0.219 e. The van der Waals surface area contributed by atoms with E-state index < -0.39 is 0 Å². The Morgan fingerprint density at radius 1 is 1.25 bits per heavy atom. The summed E-state index contributed by atoms with van der Waals surface area (Å²) in [6.45, 7) is 6.64. The Bertz CT molecular complexity index is 567. The van der Waals surface area contributed by atoms with Crippen LogP contribution >= 0.6 is 0 Å². The van der Waals surface area contributed by atoms with Gasteiger partial charge in [-0.1, -0.05) is 32.0 Å². The van der Waals surface area contributed by atoms with Crippen LogP contribution in [0, 0.1) is 12.7 Å². The fraction of sp³-hybridized carbons (Fsp3) is 0.312. The van der Waals surface area contributed by atoms with Gasteiger partial charge < -0.3 is 10.1 Å². The van der Waals surface area contributed by atoms with Crippen LogP contribution < -0.4 is 10.1 Å². The third-order valence-electron chi connectivity index (χ3n) is 2.88. The summed E-state index contributed by atoms with van der Waals surface area (Å²) >= 11 is 0. The first-order valence-corrected chi connectivity index (χ1v) is 6.67. The van der Waals surface area contributed by atoms with Gasteiger partial charge in [0.1, 0.15) is 0 Å². The summed E-state index contributed by atoms with van der Waals surface area (Å²) in [6.07, 6.45) is 1.73. The predicted molar refractivity (Wildman–Crippen MR) is 77.4 cm³/mol. The van der Waals surface area contributed by atoms with Gasteiger partial charge >= 0.3 is 0 Å². The van der Waals surface area contributed by atoms with Gasteiger partial charge in [0.25, 0.3) is 0 Å². The molecule has 0 spiro atoms. The Balaban J connectivity index is 2.05. The van der Waals surface area contributed by atoms with E-state index in [1.165, 1.54) is 0 Å². The van der Waals surface area contributed by atoms with Crippen LogP contribution in [0.2, 0.25) is 0 Å². The van der Waals surface area contributed by atoms with E-state index in [2.05, 4.69) is 24.1 Å². The summed E-state index contributed by atoms with van der Waals surface area (Å²) in [6, 6.07) is 9.15. The minimum Gasteiger partial charge on any atom is -0.436 e. The SMILES string of the molecule is Cc1cccc(Oc2ccc(CNC(C)C)cn2)c1F. The number of nitrogens with one attached hydrogen (secondary N) is 1. The van der Waals surface area contributed by atoms with Crippen molar-refractivity contribution in [2.75, 3.05) is 0 Å². The number of hydrogen-bond acceptors (Lipinski definition) is 3. The number of pyridine rings is 1. The predicted octanol–water partition coefficient (Wildman–Crippen LogP) is 3.82. The second-order valence-corrected chi connectivity index (χ2v) is 5.03. The minimum atomic E-state index is -0.347. The van der Waals surface area contributed by atoms with Crippen molar-refractivity contribution in [2.45, 2.75) is 33.4 Å². The first kappa shape index (κ1) is 14.5. The first-order chi connectivity index (χ1) is 9.56. The van der Waals surface area contributed by atoms with Crippen LogP contribution in [-0.4, -0.2) is 11.0 Å². The molecular weight excluding hydrogens is 255 g/mol. The highest BCUT2D eigenvalue weighted by molar-refractivity contribution is 5.33. The lowest BCUT2D eigenvalue weighted by molar-refractivity contribution is 0.425. The molecule has 0 saturated heterocycles. The Morgan fingerprint density at radius 3 is 2.70 bits per heavy atom. The molecule has 0 bridgehead atoms. The Hall–Kier alpha value is -1.94. The molecule has 0 unspecified atom stereocenters. The fourth-order valence-electron chi connectivity index (χ4n) is 1.71. The summed E-state index contributed by atoms with van der Waals surface area (Å²) in [5, 5.41) is 3.31. The molecule has 0 fully saturated rings. The molecule has 0 radical (unpaired) electrons. The molecule has 1 aromatic heterocycles. The molecule has 2 rings (SSSR count). The molecule has 2 aromatic rings. The first-order valence-electron chi connectivity index (χ1n) is 6.67. The van der Waals surface area contributed by atoms with Crippen LogP contribution in [0.5, 0.6) is 11.6 Å². The van der Waals surface area contributed by atoms with Crippen LogP contribution in [0.4, 0.5) is 4.39 Å². The second kappa shape index (κ2) is 6.48. The summed E-state index contributed by atoms with van der Waals surface area (Å²) in [5.41, 5.74) is 1.62. The Kier molecular flexibility index (Phi) is 4.69. The zero-order chi connectivity index (χ0) is 14.5. The average Bonchev–Trinajstić information content (AvgIpc) is 2.43. The molecule has 3 nitrogen and oxygen atoms in total. The fourth-order valence-corrected chi connectivity index (χ4v) is 1.71. The number of nitrogens with zero attached hydrogens (tertiary/aromatic N) is 1. The van der Waals surface area contributed by atoms with E-state index in [-0.39, 0.29) is 11.6 Å². The van der Waals surface area contributed by atoms with Crippen molar-refractivity contribution in [3.8, 4) is 11.6 Å². The van der Waals surface area contributed by atoms with E-state index in [0.29, 0.717) is 17.5 Å².